The van der Waals surface area contributed by atoms with Gasteiger partial charge in [-0.25, -0.2) is 4.98 Å². The lowest BCUT2D eigenvalue weighted by molar-refractivity contribution is -0.274. The molecule has 0 unspecified atom stereocenters. The number of nitrogens with zero attached hydrogens (tertiary/aromatic N) is 2. The molecule has 0 aliphatic heterocycles. The van der Waals surface area contributed by atoms with Crippen LogP contribution in [0.15, 0.2) is 18.2 Å². The normalized spacial score (nSPS) is 15.1. The molecule has 0 radical (unpaired) electrons. The highest BCUT2D eigenvalue weighted by Gasteiger charge is 2.36. The van der Waals surface area contributed by atoms with Crippen LogP contribution in [0.3, 0.4) is 0 Å². The minimum absolute atomic E-state index is 0.0717. The summed E-state index contributed by atoms with van der Waals surface area (Å²) in [6.45, 7) is 3.36. The average molecular weight is 430 g/mol. The van der Waals surface area contributed by atoms with Crippen molar-refractivity contribution >= 4 is 38.5 Å². The van der Waals surface area contributed by atoms with E-state index < -0.39 is 17.7 Å². The molecule has 2 amide bonds. The zero-order valence-electron chi connectivity index (χ0n) is 15.9. The molecule has 3 N–H and O–H groups in total. The summed E-state index contributed by atoms with van der Waals surface area (Å²) in [5.74, 6) is -1.37. The van der Waals surface area contributed by atoms with E-state index in [1.54, 1.807) is 13.8 Å². The Morgan fingerprint density at radius 1 is 1.34 bits per heavy atom. The number of benzene rings is 1. The molecule has 3 rings (SSSR count). The van der Waals surface area contributed by atoms with Gasteiger partial charge in [0.2, 0.25) is 11.0 Å². The van der Waals surface area contributed by atoms with Gasteiger partial charge in [-0.3, -0.25) is 15.0 Å². The number of rotatable bonds is 5. The maximum Gasteiger partial charge on any atom is 0.573 e. The number of amides is 2. The average Bonchev–Trinajstić information content (AvgIpc) is 2.98. The summed E-state index contributed by atoms with van der Waals surface area (Å²) in [7, 11) is 0. The van der Waals surface area contributed by atoms with Crippen molar-refractivity contribution in [2.75, 3.05) is 11.6 Å². The van der Waals surface area contributed by atoms with E-state index in [0.717, 1.165) is 28.8 Å². The van der Waals surface area contributed by atoms with Gasteiger partial charge in [-0.2, -0.15) is 5.01 Å². The summed E-state index contributed by atoms with van der Waals surface area (Å²) in [6, 6.07) is 3.71. The molecule has 1 aliphatic rings. The van der Waals surface area contributed by atoms with Gasteiger partial charge in [-0.05, 0) is 38.8 Å². The Morgan fingerprint density at radius 3 is 2.59 bits per heavy atom. The Labute approximate surface area is 169 Å². The van der Waals surface area contributed by atoms with E-state index in [2.05, 4.69) is 15.1 Å². The van der Waals surface area contributed by atoms with Gasteiger partial charge in [-0.15, -0.1) is 13.2 Å². The third-order valence-corrected chi connectivity index (χ3v) is 5.79. The minimum atomic E-state index is -4.81. The number of nitrogens with one attached hydrogen (secondary N) is 1. The van der Waals surface area contributed by atoms with Gasteiger partial charge >= 0.3 is 6.36 Å². The number of hydrazine groups is 1. The summed E-state index contributed by atoms with van der Waals surface area (Å²) in [5.41, 5.74) is 7.70. The molecule has 1 aliphatic carbocycles. The van der Waals surface area contributed by atoms with E-state index in [-0.39, 0.29) is 29.3 Å². The first-order chi connectivity index (χ1) is 13.5. The molecule has 1 fully saturated rings. The van der Waals surface area contributed by atoms with Crippen molar-refractivity contribution in [1.82, 2.24) is 10.4 Å². The fourth-order valence-electron chi connectivity index (χ4n) is 2.57. The topological polar surface area (TPSA) is 97.6 Å². The predicted octanol–water partition coefficient (Wildman–Crippen LogP) is 3.34. The van der Waals surface area contributed by atoms with Crippen LogP contribution in [0.5, 0.6) is 5.75 Å². The van der Waals surface area contributed by atoms with Crippen molar-refractivity contribution in [3.63, 3.8) is 0 Å². The lowest BCUT2D eigenvalue weighted by Crippen LogP contribution is -2.54. The summed E-state index contributed by atoms with van der Waals surface area (Å²) in [4.78, 5) is 29.8. The van der Waals surface area contributed by atoms with E-state index in [0.29, 0.717) is 23.1 Å². The van der Waals surface area contributed by atoms with Gasteiger partial charge in [0.1, 0.15) is 5.75 Å². The van der Waals surface area contributed by atoms with Crippen LogP contribution in [0.25, 0.3) is 10.2 Å². The number of thiazole rings is 1. The molecule has 0 spiro atoms. The summed E-state index contributed by atoms with van der Waals surface area (Å²) < 4.78 is 41.7. The van der Waals surface area contributed by atoms with Gasteiger partial charge in [0.25, 0.3) is 5.91 Å². The van der Waals surface area contributed by atoms with Gasteiger partial charge in [-0.1, -0.05) is 17.8 Å². The third kappa shape index (κ3) is 4.78. The van der Waals surface area contributed by atoms with Crippen molar-refractivity contribution < 1.29 is 27.5 Å². The number of hydrogen-bond donors (Lipinski definition) is 2. The van der Waals surface area contributed by atoms with Gasteiger partial charge < -0.3 is 10.5 Å². The van der Waals surface area contributed by atoms with Crippen LogP contribution in [0, 0.1) is 11.3 Å². The van der Waals surface area contributed by atoms with E-state index in [1.165, 1.54) is 12.1 Å². The number of nitrogens with two attached hydrogens (primary N) is 1. The quantitative estimate of drug-likeness (QED) is 0.709. The molecule has 29 heavy (non-hydrogen) atoms. The Morgan fingerprint density at radius 2 is 2.03 bits per heavy atom. The number of anilines is 1. The van der Waals surface area contributed by atoms with Crippen LogP contribution in [0.4, 0.5) is 18.3 Å². The molecule has 0 saturated heterocycles. The fraction of sp³-hybridized carbons (Fsp3) is 0.500. The van der Waals surface area contributed by atoms with Crippen LogP contribution in [-0.2, 0) is 9.59 Å². The second kappa shape index (κ2) is 7.79. The van der Waals surface area contributed by atoms with Crippen molar-refractivity contribution in [2.45, 2.75) is 39.5 Å². The Balaban J connectivity index is 1.92. The smallest absolute Gasteiger partial charge is 0.406 e. The molecule has 0 bridgehead atoms. The third-order valence-electron chi connectivity index (χ3n) is 4.79. The number of ether oxygens (including phenoxy) is 1. The molecule has 1 heterocycles. The standard InChI is InChI=1S/C18H21F3N4O3S/c1-17(2,9-22)15(27)24-25(14(26)10-4-3-5-10)16-23-12-7-6-11(8-13(12)29-16)28-18(19,20)21/h6-8,10H,3-5,9,22H2,1-2H3,(H,24,27). The first-order valence-electron chi connectivity index (χ1n) is 9.01. The van der Waals surface area contributed by atoms with Crippen molar-refractivity contribution in [3.05, 3.63) is 18.2 Å². The number of hydrogen-bond acceptors (Lipinski definition) is 6. The monoisotopic (exact) mass is 430 g/mol. The Bertz CT molecular complexity index is 925. The zero-order chi connectivity index (χ0) is 21.4. The minimum Gasteiger partial charge on any atom is -0.406 e. The number of carbonyl (C=O) groups is 2. The first-order valence-corrected chi connectivity index (χ1v) is 9.83. The molecular formula is C18H21F3N4O3S. The number of fused-ring (bicyclic) bond motifs is 1. The molecule has 11 heteroatoms. The molecule has 1 saturated carbocycles. The number of alkyl halides is 3. The highest BCUT2D eigenvalue weighted by atomic mass is 32.1. The van der Waals surface area contributed by atoms with Crippen LogP contribution in [0.1, 0.15) is 33.1 Å². The van der Waals surface area contributed by atoms with Crippen molar-refractivity contribution in [2.24, 2.45) is 17.1 Å². The maximum atomic E-state index is 12.9. The van der Waals surface area contributed by atoms with E-state index in [9.17, 15) is 22.8 Å². The van der Waals surface area contributed by atoms with Gasteiger partial charge in [0, 0.05) is 18.5 Å². The zero-order valence-corrected chi connectivity index (χ0v) is 16.7. The molecule has 158 valence electrons. The Kier molecular flexibility index (Phi) is 5.72. The lowest BCUT2D eigenvalue weighted by atomic mass is 9.84. The number of halogens is 3. The van der Waals surface area contributed by atoms with Crippen LogP contribution in [0.2, 0.25) is 0 Å². The van der Waals surface area contributed by atoms with Gasteiger partial charge in [0.15, 0.2) is 0 Å². The second-order valence-corrected chi connectivity index (χ2v) is 8.51. The maximum absolute atomic E-state index is 12.9. The van der Waals surface area contributed by atoms with Crippen molar-refractivity contribution in [1.29, 1.82) is 0 Å². The summed E-state index contributed by atoms with van der Waals surface area (Å²) in [5, 5.41) is 1.26. The number of aromatic nitrogens is 1. The molecule has 1 aromatic carbocycles. The highest BCUT2D eigenvalue weighted by molar-refractivity contribution is 7.22. The molecule has 0 atom stereocenters. The Hall–Kier alpha value is -2.40. The fourth-order valence-corrected chi connectivity index (χ4v) is 3.53. The first kappa shape index (κ1) is 21.3. The van der Waals surface area contributed by atoms with Gasteiger partial charge in [0.05, 0.1) is 15.6 Å². The second-order valence-electron chi connectivity index (χ2n) is 7.50. The molecule has 7 nitrogen and oxygen atoms in total. The van der Waals surface area contributed by atoms with E-state index in [4.69, 9.17) is 5.73 Å². The molecular weight excluding hydrogens is 409 g/mol. The largest absolute Gasteiger partial charge is 0.573 e. The van der Waals surface area contributed by atoms with Crippen LogP contribution < -0.4 is 20.9 Å². The number of carbonyl (C=O) groups excluding carboxylic acids is 2. The van der Waals surface area contributed by atoms with E-state index >= 15 is 0 Å². The predicted molar refractivity (Wildman–Crippen MR) is 102 cm³/mol. The summed E-state index contributed by atoms with van der Waals surface area (Å²) >= 11 is 0.987. The van der Waals surface area contributed by atoms with Crippen LogP contribution >= 0.6 is 11.3 Å². The van der Waals surface area contributed by atoms with E-state index in [1.807, 2.05) is 0 Å². The highest BCUT2D eigenvalue weighted by Crippen LogP contribution is 2.35. The molecule has 2 aromatic rings. The van der Waals surface area contributed by atoms with Crippen molar-refractivity contribution in [3.8, 4) is 5.75 Å². The SMILES string of the molecule is CC(C)(CN)C(=O)NN(C(=O)C1CCC1)c1nc2ccc(OC(F)(F)F)cc2s1. The lowest BCUT2D eigenvalue weighted by Gasteiger charge is -2.32. The summed E-state index contributed by atoms with van der Waals surface area (Å²) in [6.07, 6.45) is -2.47. The molecule has 1 aromatic heterocycles. The van der Waals surface area contributed by atoms with Crippen LogP contribution in [-0.4, -0.2) is 29.7 Å².